The van der Waals surface area contributed by atoms with Crippen LogP contribution in [-0.4, -0.2) is 56.4 Å². The Morgan fingerprint density at radius 1 is 1.42 bits per heavy atom. The molecule has 1 aliphatic rings. The number of benzene rings is 1. The maximum atomic E-state index is 6.02. The van der Waals surface area contributed by atoms with Crippen molar-refractivity contribution < 1.29 is 9.47 Å². The predicted molar refractivity (Wildman–Crippen MR) is 98.5 cm³/mol. The number of rotatable bonds is 5. The number of hydrogen-bond acceptors (Lipinski definition) is 3. The standard InChI is InChI=1S/C19H31N3O2/c1-6-20-18(21-14-19(3,4)23-5)22-11-12-24-17(13-22)16-10-8-7-9-15(16)2/h7-10,17H,6,11-14H2,1-5H3,(H,20,21). The number of ether oxygens (including phenoxy) is 2. The van der Waals surface area contributed by atoms with Crippen molar-refractivity contribution >= 4 is 5.96 Å². The van der Waals surface area contributed by atoms with Gasteiger partial charge >= 0.3 is 0 Å². The third-order valence-electron chi connectivity index (χ3n) is 4.40. The van der Waals surface area contributed by atoms with Gasteiger partial charge in [0.05, 0.1) is 25.3 Å². The molecule has 0 aliphatic carbocycles. The van der Waals surface area contributed by atoms with E-state index in [9.17, 15) is 0 Å². The molecule has 1 N–H and O–H groups in total. The number of morpholine rings is 1. The molecule has 5 heteroatoms. The van der Waals surface area contributed by atoms with Crippen LogP contribution in [0.4, 0.5) is 0 Å². The third-order valence-corrected chi connectivity index (χ3v) is 4.40. The van der Waals surface area contributed by atoms with Crippen molar-refractivity contribution in [1.29, 1.82) is 0 Å². The van der Waals surface area contributed by atoms with Crippen LogP contribution >= 0.6 is 0 Å². The molecule has 5 nitrogen and oxygen atoms in total. The summed E-state index contributed by atoms with van der Waals surface area (Å²) in [6, 6.07) is 8.43. The lowest BCUT2D eigenvalue weighted by Gasteiger charge is -2.36. The molecular formula is C19H31N3O2. The number of methoxy groups -OCH3 is 1. The van der Waals surface area contributed by atoms with Gasteiger partial charge in [-0.2, -0.15) is 0 Å². The fraction of sp³-hybridized carbons (Fsp3) is 0.632. The van der Waals surface area contributed by atoms with Gasteiger partial charge < -0.3 is 19.7 Å². The van der Waals surface area contributed by atoms with Gasteiger partial charge in [0.1, 0.15) is 6.10 Å². The Morgan fingerprint density at radius 3 is 2.83 bits per heavy atom. The maximum Gasteiger partial charge on any atom is 0.194 e. The van der Waals surface area contributed by atoms with Crippen LogP contribution in [0.1, 0.15) is 38.0 Å². The van der Waals surface area contributed by atoms with Crippen LogP contribution in [0.25, 0.3) is 0 Å². The maximum absolute atomic E-state index is 6.02. The van der Waals surface area contributed by atoms with Gasteiger partial charge in [0.25, 0.3) is 0 Å². The molecular weight excluding hydrogens is 302 g/mol. The van der Waals surface area contributed by atoms with Gasteiger partial charge in [-0.1, -0.05) is 24.3 Å². The first-order chi connectivity index (χ1) is 11.5. The minimum absolute atomic E-state index is 0.0826. The molecule has 0 radical (unpaired) electrons. The minimum atomic E-state index is -0.262. The molecule has 1 aliphatic heterocycles. The lowest BCUT2D eigenvalue weighted by atomic mass is 10.0. The first-order valence-corrected chi connectivity index (χ1v) is 8.72. The average Bonchev–Trinajstić information content (AvgIpc) is 2.59. The molecule has 1 aromatic carbocycles. The summed E-state index contributed by atoms with van der Waals surface area (Å²) < 4.78 is 11.5. The van der Waals surface area contributed by atoms with Gasteiger partial charge in [-0.15, -0.1) is 0 Å². The Hall–Kier alpha value is -1.59. The number of aryl methyl sites for hydroxylation is 1. The van der Waals surface area contributed by atoms with E-state index in [-0.39, 0.29) is 11.7 Å². The molecule has 0 amide bonds. The highest BCUT2D eigenvalue weighted by molar-refractivity contribution is 5.80. The number of nitrogens with zero attached hydrogens (tertiary/aromatic N) is 2. The molecule has 0 aromatic heterocycles. The van der Waals surface area contributed by atoms with E-state index in [1.165, 1.54) is 11.1 Å². The molecule has 1 heterocycles. The molecule has 0 spiro atoms. The van der Waals surface area contributed by atoms with Crippen LogP contribution in [0.15, 0.2) is 29.3 Å². The Bertz CT molecular complexity index is 557. The quantitative estimate of drug-likeness (QED) is 0.665. The van der Waals surface area contributed by atoms with Crippen molar-refractivity contribution in [2.24, 2.45) is 4.99 Å². The zero-order valence-corrected chi connectivity index (χ0v) is 15.6. The molecule has 1 saturated heterocycles. The number of aliphatic imine (C=N–C) groups is 1. The smallest absolute Gasteiger partial charge is 0.194 e. The van der Waals surface area contributed by atoms with E-state index in [1.807, 2.05) is 0 Å². The van der Waals surface area contributed by atoms with Gasteiger partial charge in [-0.05, 0) is 38.8 Å². The molecule has 1 aromatic rings. The molecule has 1 fully saturated rings. The molecule has 24 heavy (non-hydrogen) atoms. The summed E-state index contributed by atoms with van der Waals surface area (Å²) in [7, 11) is 1.73. The first-order valence-electron chi connectivity index (χ1n) is 8.72. The van der Waals surface area contributed by atoms with E-state index in [1.54, 1.807) is 7.11 Å². The number of guanidine groups is 1. The molecule has 0 saturated carbocycles. The summed E-state index contributed by atoms with van der Waals surface area (Å²) in [5.41, 5.74) is 2.27. The zero-order chi connectivity index (χ0) is 17.6. The predicted octanol–water partition coefficient (Wildman–Crippen LogP) is 2.76. The highest BCUT2D eigenvalue weighted by Crippen LogP contribution is 2.25. The highest BCUT2D eigenvalue weighted by Gasteiger charge is 2.25. The molecule has 0 bridgehead atoms. The topological polar surface area (TPSA) is 46.1 Å². The van der Waals surface area contributed by atoms with Crippen LogP contribution in [0.3, 0.4) is 0 Å². The van der Waals surface area contributed by atoms with Gasteiger partial charge in [0.15, 0.2) is 5.96 Å². The van der Waals surface area contributed by atoms with Crippen molar-refractivity contribution in [3.63, 3.8) is 0 Å². The summed E-state index contributed by atoms with van der Waals surface area (Å²) in [6.07, 6.45) is 0.0826. The van der Waals surface area contributed by atoms with Crippen LogP contribution in [0, 0.1) is 6.92 Å². The van der Waals surface area contributed by atoms with Crippen LogP contribution < -0.4 is 5.32 Å². The Labute approximate surface area is 146 Å². The summed E-state index contributed by atoms with van der Waals surface area (Å²) in [5.74, 6) is 0.935. The second kappa shape index (κ2) is 8.49. The lowest BCUT2D eigenvalue weighted by molar-refractivity contribution is -0.00878. The van der Waals surface area contributed by atoms with E-state index >= 15 is 0 Å². The van der Waals surface area contributed by atoms with Crippen molar-refractivity contribution in [1.82, 2.24) is 10.2 Å². The van der Waals surface area contributed by atoms with E-state index < -0.39 is 0 Å². The Balaban J connectivity index is 2.12. The van der Waals surface area contributed by atoms with E-state index in [0.29, 0.717) is 13.2 Å². The van der Waals surface area contributed by atoms with Gasteiger partial charge in [-0.3, -0.25) is 4.99 Å². The molecule has 2 rings (SSSR count). The van der Waals surface area contributed by atoms with Crippen LogP contribution in [0.2, 0.25) is 0 Å². The fourth-order valence-electron chi connectivity index (χ4n) is 2.73. The second-order valence-electron chi connectivity index (χ2n) is 6.80. The third kappa shape index (κ3) is 4.95. The number of nitrogens with one attached hydrogen (secondary N) is 1. The van der Waals surface area contributed by atoms with Gasteiger partial charge in [0, 0.05) is 20.2 Å². The first kappa shape index (κ1) is 18.7. The summed E-state index contributed by atoms with van der Waals surface area (Å²) in [6.45, 7) is 12.2. The van der Waals surface area contributed by atoms with Gasteiger partial charge in [-0.25, -0.2) is 0 Å². The van der Waals surface area contributed by atoms with Crippen molar-refractivity contribution in [2.45, 2.75) is 39.4 Å². The van der Waals surface area contributed by atoms with Crippen LogP contribution in [0.5, 0.6) is 0 Å². The molecule has 1 unspecified atom stereocenters. The van der Waals surface area contributed by atoms with Crippen molar-refractivity contribution in [3.8, 4) is 0 Å². The van der Waals surface area contributed by atoms with Crippen LogP contribution in [-0.2, 0) is 9.47 Å². The zero-order valence-electron chi connectivity index (χ0n) is 15.6. The van der Waals surface area contributed by atoms with Crippen molar-refractivity contribution in [2.75, 3.05) is 39.9 Å². The summed E-state index contributed by atoms with van der Waals surface area (Å²) in [5, 5.41) is 3.40. The molecule has 1 atom stereocenters. The molecule has 134 valence electrons. The highest BCUT2D eigenvalue weighted by atomic mass is 16.5. The SMILES string of the molecule is CCNC(=NCC(C)(C)OC)N1CCOC(c2ccccc2C)C1. The van der Waals surface area contributed by atoms with E-state index in [2.05, 4.69) is 62.2 Å². The monoisotopic (exact) mass is 333 g/mol. The van der Waals surface area contributed by atoms with E-state index in [4.69, 9.17) is 14.5 Å². The Kier molecular flexibility index (Phi) is 6.63. The van der Waals surface area contributed by atoms with E-state index in [0.717, 1.165) is 25.6 Å². The second-order valence-corrected chi connectivity index (χ2v) is 6.80. The van der Waals surface area contributed by atoms with Gasteiger partial charge in [0.2, 0.25) is 0 Å². The fourth-order valence-corrected chi connectivity index (χ4v) is 2.73. The average molecular weight is 333 g/mol. The largest absolute Gasteiger partial charge is 0.377 e. The normalized spacial score (nSPS) is 19.5. The minimum Gasteiger partial charge on any atom is -0.377 e. The lowest BCUT2D eigenvalue weighted by Crippen LogP contribution is -2.48. The van der Waals surface area contributed by atoms with Crippen molar-refractivity contribution in [3.05, 3.63) is 35.4 Å². The Morgan fingerprint density at radius 2 is 2.17 bits per heavy atom. The summed E-state index contributed by atoms with van der Waals surface area (Å²) in [4.78, 5) is 7.07. The number of hydrogen-bond donors (Lipinski definition) is 1. The summed E-state index contributed by atoms with van der Waals surface area (Å²) >= 11 is 0.